The summed E-state index contributed by atoms with van der Waals surface area (Å²) in [6.45, 7) is 3.58. The molecule has 4 nitrogen and oxygen atoms in total. The quantitative estimate of drug-likeness (QED) is 0.942. The van der Waals surface area contributed by atoms with Gasteiger partial charge in [0, 0.05) is 19.2 Å². The molecule has 0 amide bonds. The first kappa shape index (κ1) is 13.8. The number of rotatable bonds is 3. The fourth-order valence-electron chi connectivity index (χ4n) is 2.91. The van der Waals surface area contributed by atoms with Crippen LogP contribution in [0.3, 0.4) is 0 Å². The highest BCUT2D eigenvalue weighted by Crippen LogP contribution is 2.24. The molecule has 3 rings (SSSR count). The van der Waals surface area contributed by atoms with Crippen molar-refractivity contribution in [1.82, 2.24) is 9.97 Å². The third kappa shape index (κ3) is 3.12. The van der Waals surface area contributed by atoms with Crippen LogP contribution in [0, 0.1) is 18.7 Å². The summed E-state index contributed by atoms with van der Waals surface area (Å²) in [5.41, 5.74) is 1.73. The van der Waals surface area contributed by atoms with Crippen LogP contribution >= 0.6 is 0 Å². The van der Waals surface area contributed by atoms with E-state index in [1.54, 1.807) is 6.92 Å². The van der Waals surface area contributed by atoms with E-state index in [-0.39, 0.29) is 11.4 Å². The van der Waals surface area contributed by atoms with Crippen LogP contribution in [0.5, 0.6) is 0 Å². The van der Waals surface area contributed by atoms with Crippen molar-refractivity contribution < 1.29 is 4.39 Å². The second-order valence-electron chi connectivity index (χ2n) is 5.66. The minimum atomic E-state index is -0.153. The van der Waals surface area contributed by atoms with E-state index in [9.17, 15) is 9.18 Å². The molecule has 1 unspecified atom stereocenters. The molecular weight excluding hydrogens is 269 g/mol. The zero-order valence-corrected chi connectivity index (χ0v) is 12.0. The van der Waals surface area contributed by atoms with Gasteiger partial charge in [-0.1, -0.05) is 12.1 Å². The van der Waals surface area contributed by atoms with Crippen LogP contribution in [-0.2, 0) is 6.42 Å². The van der Waals surface area contributed by atoms with E-state index in [0.717, 1.165) is 31.7 Å². The van der Waals surface area contributed by atoms with Gasteiger partial charge in [-0.2, -0.15) is 0 Å². The average molecular weight is 287 g/mol. The van der Waals surface area contributed by atoms with Crippen molar-refractivity contribution in [2.24, 2.45) is 5.92 Å². The maximum atomic E-state index is 13.3. The summed E-state index contributed by atoms with van der Waals surface area (Å²) in [5, 5.41) is 0. The Morgan fingerprint density at radius 3 is 3.05 bits per heavy atom. The lowest BCUT2D eigenvalue weighted by molar-refractivity contribution is 0.581. The first-order valence-electron chi connectivity index (χ1n) is 7.16. The standard InChI is InChI=1S/C16H18FN3O/c1-11-6-12(2-3-14(11)17)7-13-4-5-20(9-13)15-8-16(21)19-10-18-15/h2-3,6,8,10,13H,4-5,7,9H2,1H3,(H,18,19,21). The Balaban J connectivity index is 1.67. The minimum absolute atomic E-state index is 0.127. The summed E-state index contributed by atoms with van der Waals surface area (Å²) in [6.07, 6.45) is 3.43. The molecule has 2 aromatic rings. The molecule has 110 valence electrons. The maximum absolute atomic E-state index is 13.3. The number of anilines is 1. The second kappa shape index (κ2) is 5.68. The normalized spacial score (nSPS) is 18.2. The van der Waals surface area contributed by atoms with E-state index in [4.69, 9.17) is 0 Å². The van der Waals surface area contributed by atoms with E-state index in [1.807, 2.05) is 12.1 Å². The van der Waals surface area contributed by atoms with Gasteiger partial charge in [0.05, 0.1) is 6.33 Å². The number of H-pyrrole nitrogens is 1. The first-order valence-corrected chi connectivity index (χ1v) is 7.16. The molecule has 1 aromatic heterocycles. The van der Waals surface area contributed by atoms with E-state index < -0.39 is 0 Å². The average Bonchev–Trinajstić information content (AvgIpc) is 2.91. The molecule has 0 radical (unpaired) electrons. The maximum Gasteiger partial charge on any atom is 0.252 e. The fourth-order valence-corrected chi connectivity index (χ4v) is 2.91. The summed E-state index contributed by atoms with van der Waals surface area (Å²) in [7, 11) is 0. The number of aromatic amines is 1. The molecule has 0 saturated carbocycles. The van der Waals surface area contributed by atoms with Crippen molar-refractivity contribution in [2.45, 2.75) is 19.8 Å². The van der Waals surface area contributed by atoms with Gasteiger partial charge < -0.3 is 9.88 Å². The number of hydrogen-bond acceptors (Lipinski definition) is 3. The Labute approximate surface area is 122 Å². The van der Waals surface area contributed by atoms with Crippen molar-refractivity contribution in [2.75, 3.05) is 18.0 Å². The van der Waals surface area contributed by atoms with Crippen LogP contribution in [0.2, 0.25) is 0 Å². The third-order valence-corrected chi connectivity index (χ3v) is 4.02. The largest absolute Gasteiger partial charge is 0.356 e. The number of aromatic nitrogens is 2. The number of hydrogen-bond donors (Lipinski definition) is 1. The number of nitrogens with one attached hydrogen (secondary N) is 1. The highest BCUT2D eigenvalue weighted by molar-refractivity contribution is 5.38. The monoisotopic (exact) mass is 287 g/mol. The lowest BCUT2D eigenvalue weighted by Crippen LogP contribution is -2.23. The van der Waals surface area contributed by atoms with Crippen molar-refractivity contribution in [3.05, 3.63) is 57.9 Å². The number of benzene rings is 1. The fraction of sp³-hybridized carbons (Fsp3) is 0.375. The molecule has 1 aromatic carbocycles. The van der Waals surface area contributed by atoms with Crippen molar-refractivity contribution >= 4 is 5.82 Å². The van der Waals surface area contributed by atoms with E-state index >= 15 is 0 Å². The third-order valence-electron chi connectivity index (χ3n) is 4.02. The van der Waals surface area contributed by atoms with Crippen LogP contribution < -0.4 is 10.5 Å². The van der Waals surface area contributed by atoms with Crippen molar-refractivity contribution in [3.8, 4) is 0 Å². The summed E-state index contributed by atoms with van der Waals surface area (Å²) in [5.74, 6) is 1.09. The van der Waals surface area contributed by atoms with Gasteiger partial charge in [0.25, 0.3) is 5.56 Å². The lowest BCUT2D eigenvalue weighted by atomic mass is 9.97. The Bertz CT molecular complexity index is 698. The lowest BCUT2D eigenvalue weighted by Gasteiger charge is -2.17. The van der Waals surface area contributed by atoms with Gasteiger partial charge >= 0.3 is 0 Å². The molecule has 5 heteroatoms. The smallest absolute Gasteiger partial charge is 0.252 e. The molecule has 0 bridgehead atoms. The van der Waals surface area contributed by atoms with Gasteiger partial charge in [-0.15, -0.1) is 0 Å². The topological polar surface area (TPSA) is 49.0 Å². The van der Waals surface area contributed by atoms with Gasteiger partial charge in [0.15, 0.2) is 0 Å². The summed E-state index contributed by atoms with van der Waals surface area (Å²) in [6, 6.07) is 6.85. The Hall–Kier alpha value is -2.17. The Morgan fingerprint density at radius 2 is 2.29 bits per heavy atom. The van der Waals surface area contributed by atoms with E-state index in [2.05, 4.69) is 14.9 Å². The minimum Gasteiger partial charge on any atom is -0.356 e. The van der Waals surface area contributed by atoms with Crippen molar-refractivity contribution in [1.29, 1.82) is 0 Å². The molecule has 1 fully saturated rings. The zero-order chi connectivity index (χ0) is 14.8. The highest BCUT2D eigenvalue weighted by Gasteiger charge is 2.24. The van der Waals surface area contributed by atoms with Gasteiger partial charge in [-0.3, -0.25) is 4.79 Å². The molecular formula is C16H18FN3O. The molecule has 0 aliphatic carbocycles. The van der Waals surface area contributed by atoms with E-state index in [1.165, 1.54) is 24.0 Å². The SMILES string of the molecule is Cc1cc(CC2CCN(c3cc(=O)[nH]cn3)C2)ccc1F. The van der Waals surface area contributed by atoms with Crippen LogP contribution in [0.15, 0.2) is 35.4 Å². The predicted octanol–water partition coefficient (Wildman–Crippen LogP) is 2.29. The first-order chi connectivity index (χ1) is 10.1. The summed E-state index contributed by atoms with van der Waals surface area (Å²) < 4.78 is 13.3. The number of nitrogens with zero attached hydrogens (tertiary/aromatic N) is 2. The summed E-state index contributed by atoms with van der Waals surface area (Å²) >= 11 is 0. The molecule has 1 aliphatic rings. The molecule has 1 atom stereocenters. The van der Waals surface area contributed by atoms with Gasteiger partial charge in [-0.25, -0.2) is 9.37 Å². The zero-order valence-electron chi connectivity index (χ0n) is 12.0. The van der Waals surface area contributed by atoms with Gasteiger partial charge in [0.1, 0.15) is 11.6 Å². The van der Waals surface area contributed by atoms with E-state index in [0.29, 0.717) is 11.5 Å². The second-order valence-corrected chi connectivity index (χ2v) is 5.66. The van der Waals surface area contributed by atoms with Crippen LogP contribution in [-0.4, -0.2) is 23.1 Å². The van der Waals surface area contributed by atoms with Crippen molar-refractivity contribution in [3.63, 3.8) is 0 Å². The predicted molar refractivity (Wildman–Crippen MR) is 80.0 cm³/mol. The Kier molecular flexibility index (Phi) is 3.73. The number of halogens is 1. The van der Waals surface area contributed by atoms with Crippen LogP contribution in [0.4, 0.5) is 10.2 Å². The molecule has 0 spiro atoms. The van der Waals surface area contributed by atoms with Crippen LogP contribution in [0.1, 0.15) is 17.5 Å². The van der Waals surface area contributed by atoms with Gasteiger partial charge in [-0.05, 0) is 42.9 Å². The van der Waals surface area contributed by atoms with Crippen LogP contribution in [0.25, 0.3) is 0 Å². The molecule has 1 saturated heterocycles. The molecule has 1 aliphatic heterocycles. The molecule has 21 heavy (non-hydrogen) atoms. The molecule has 1 N–H and O–H groups in total. The summed E-state index contributed by atoms with van der Waals surface area (Å²) in [4.78, 5) is 20.2. The number of aryl methyl sites for hydroxylation is 1. The molecule has 2 heterocycles. The highest BCUT2D eigenvalue weighted by atomic mass is 19.1. The Morgan fingerprint density at radius 1 is 1.43 bits per heavy atom. The van der Waals surface area contributed by atoms with Gasteiger partial charge in [0.2, 0.25) is 0 Å².